The normalized spacial score (nSPS) is 55.3. The third kappa shape index (κ3) is 4.40. The van der Waals surface area contributed by atoms with Crippen molar-refractivity contribution in [3.05, 3.63) is 23.8 Å². The van der Waals surface area contributed by atoms with Crippen LogP contribution in [0.25, 0.3) is 0 Å². The summed E-state index contributed by atoms with van der Waals surface area (Å²) in [6, 6.07) is 0. The van der Waals surface area contributed by atoms with E-state index in [-0.39, 0.29) is 46.5 Å². The zero-order chi connectivity index (χ0) is 33.8. The maximum Gasteiger partial charge on any atom is 0.315 e. The van der Waals surface area contributed by atoms with Gasteiger partial charge in [0.05, 0.1) is 30.8 Å². The summed E-state index contributed by atoms with van der Waals surface area (Å²) in [6.45, 7) is 14.6. The van der Waals surface area contributed by atoms with Crippen LogP contribution < -0.4 is 0 Å². The zero-order valence-electron chi connectivity index (χ0n) is 28.1. The van der Waals surface area contributed by atoms with Crippen LogP contribution in [0.15, 0.2) is 23.8 Å². The molecule has 5 fully saturated rings. The third-order valence-corrected chi connectivity index (χ3v) is 15.1. The van der Waals surface area contributed by atoms with Crippen LogP contribution >= 0.6 is 0 Å². The first-order valence-corrected chi connectivity index (χ1v) is 17.3. The van der Waals surface area contributed by atoms with Gasteiger partial charge >= 0.3 is 5.97 Å². The van der Waals surface area contributed by atoms with E-state index in [4.69, 9.17) is 9.47 Å². The fourth-order valence-corrected chi connectivity index (χ4v) is 12.1. The molecular formula is C36H56O10. The molecule has 7 N–H and O–H groups in total. The first-order chi connectivity index (χ1) is 21.5. The van der Waals surface area contributed by atoms with Crippen LogP contribution in [0.1, 0.15) is 86.0 Å². The second-order valence-corrected chi connectivity index (χ2v) is 16.9. The number of hydrogen-bond donors (Lipinski definition) is 7. The SMILES string of the molecule is C=C1CCC2(C(=O)OC3OC(CO)C(O)C(O)C3O)CCC3(C)C(=CCC4C5(C)CC(O)C(O)C(C)(CO)C5CCC43C)C2C1C. The third-order valence-electron chi connectivity index (χ3n) is 15.1. The van der Waals surface area contributed by atoms with Crippen molar-refractivity contribution in [2.24, 2.45) is 50.7 Å². The topological polar surface area (TPSA) is 177 Å². The number of ether oxygens (including phenoxy) is 2. The Morgan fingerprint density at radius 2 is 1.67 bits per heavy atom. The molecule has 10 nitrogen and oxygen atoms in total. The fourth-order valence-electron chi connectivity index (χ4n) is 12.1. The second kappa shape index (κ2) is 11.3. The van der Waals surface area contributed by atoms with Gasteiger partial charge in [0, 0.05) is 11.3 Å². The van der Waals surface area contributed by atoms with E-state index >= 15 is 0 Å². The Morgan fingerprint density at radius 3 is 2.33 bits per heavy atom. The lowest BCUT2D eigenvalue weighted by Gasteiger charge is -2.71. The van der Waals surface area contributed by atoms with Crippen LogP contribution in [0.2, 0.25) is 0 Å². The number of carbonyl (C=O) groups is 1. The predicted molar refractivity (Wildman–Crippen MR) is 168 cm³/mol. The minimum absolute atomic E-state index is 0.0154. The van der Waals surface area contributed by atoms with Crippen molar-refractivity contribution in [1.82, 2.24) is 0 Å². The van der Waals surface area contributed by atoms with E-state index in [1.807, 2.05) is 6.92 Å². The largest absolute Gasteiger partial charge is 0.432 e. The van der Waals surface area contributed by atoms with Crippen LogP contribution in [0.5, 0.6) is 0 Å². The molecule has 1 saturated heterocycles. The summed E-state index contributed by atoms with van der Waals surface area (Å²) in [6.07, 6.45) is -1.70. The van der Waals surface area contributed by atoms with Gasteiger partial charge in [0.1, 0.15) is 24.4 Å². The number of carbonyl (C=O) groups excluding carboxylic acids is 1. The molecule has 6 rings (SSSR count). The number of aliphatic hydroxyl groups is 7. The second-order valence-electron chi connectivity index (χ2n) is 16.9. The first-order valence-electron chi connectivity index (χ1n) is 17.3. The smallest absolute Gasteiger partial charge is 0.315 e. The number of aliphatic hydroxyl groups excluding tert-OH is 7. The van der Waals surface area contributed by atoms with Gasteiger partial charge in [-0.05, 0) is 85.4 Å². The van der Waals surface area contributed by atoms with Crippen molar-refractivity contribution in [2.45, 2.75) is 129 Å². The van der Waals surface area contributed by atoms with E-state index in [0.29, 0.717) is 25.7 Å². The Kier molecular flexibility index (Phi) is 8.50. The molecule has 0 spiro atoms. The number of esters is 1. The highest BCUT2D eigenvalue weighted by Gasteiger charge is 2.71. The van der Waals surface area contributed by atoms with Gasteiger partial charge in [0.25, 0.3) is 0 Å². The Balaban J connectivity index is 1.37. The number of fused-ring (bicyclic) bond motifs is 7. The average Bonchev–Trinajstić information content (AvgIpc) is 3.02. The van der Waals surface area contributed by atoms with Crippen molar-refractivity contribution in [1.29, 1.82) is 0 Å². The van der Waals surface area contributed by atoms with E-state index < -0.39 is 66.3 Å². The number of hydrogen-bond acceptors (Lipinski definition) is 10. The van der Waals surface area contributed by atoms with Crippen molar-refractivity contribution in [2.75, 3.05) is 13.2 Å². The monoisotopic (exact) mass is 648 g/mol. The minimum atomic E-state index is -1.67. The molecule has 1 aliphatic heterocycles. The molecule has 260 valence electrons. The van der Waals surface area contributed by atoms with Crippen LogP contribution in [0.4, 0.5) is 0 Å². The van der Waals surface area contributed by atoms with Gasteiger partial charge in [-0.3, -0.25) is 4.79 Å². The standard InChI is InChI=1S/C36H56O10/c1-18-9-12-36(31(44)46-30-28(42)27(41)26(40)22(16-37)45-30)14-13-34(5)20(25(36)19(18)2)7-8-24-32(3)15-21(39)29(43)33(4,17-38)23(32)10-11-35(24,34)6/h7,19,21-30,37-43H,1,8-17H2,2-6H3. The average molecular weight is 649 g/mol. The molecule has 5 aliphatic carbocycles. The molecule has 4 saturated carbocycles. The fraction of sp³-hybridized carbons (Fsp3) is 0.861. The molecule has 6 aliphatic rings. The molecule has 46 heavy (non-hydrogen) atoms. The highest BCUT2D eigenvalue weighted by Crippen LogP contribution is 2.75. The molecule has 10 heteroatoms. The summed E-state index contributed by atoms with van der Waals surface area (Å²) in [7, 11) is 0. The van der Waals surface area contributed by atoms with Crippen molar-refractivity contribution in [3.63, 3.8) is 0 Å². The van der Waals surface area contributed by atoms with Gasteiger partial charge < -0.3 is 45.2 Å². The van der Waals surface area contributed by atoms with Crippen molar-refractivity contribution >= 4 is 5.97 Å². The van der Waals surface area contributed by atoms with Gasteiger partial charge in [0.2, 0.25) is 6.29 Å². The molecule has 0 aromatic rings. The highest BCUT2D eigenvalue weighted by molar-refractivity contribution is 5.79. The van der Waals surface area contributed by atoms with E-state index in [1.54, 1.807) is 0 Å². The van der Waals surface area contributed by atoms with Crippen LogP contribution in [0, 0.1) is 50.7 Å². The van der Waals surface area contributed by atoms with Crippen LogP contribution in [0.3, 0.4) is 0 Å². The predicted octanol–water partition coefficient (Wildman–Crippen LogP) is 2.21. The molecular weight excluding hydrogens is 592 g/mol. The van der Waals surface area contributed by atoms with Crippen molar-refractivity contribution < 1.29 is 50.0 Å². The molecule has 0 aromatic carbocycles. The summed E-state index contributed by atoms with van der Waals surface area (Å²) in [5.74, 6) is -0.482. The Morgan fingerprint density at radius 1 is 0.978 bits per heavy atom. The quantitative estimate of drug-likeness (QED) is 0.177. The maximum absolute atomic E-state index is 14.4. The van der Waals surface area contributed by atoms with E-state index in [9.17, 15) is 40.5 Å². The zero-order valence-corrected chi connectivity index (χ0v) is 28.1. The molecule has 0 amide bonds. The Bertz CT molecular complexity index is 1270. The summed E-state index contributed by atoms with van der Waals surface area (Å²) >= 11 is 0. The van der Waals surface area contributed by atoms with Gasteiger partial charge in [-0.2, -0.15) is 0 Å². The van der Waals surface area contributed by atoms with Crippen molar-refractivity contribution in [3.8, 4) is 0 Å². The summed E-state index contributed by atoms with van der Waals surface area (Å²) in [4.78, 5) is 14.4. The molecule has 1 heterocycles. The number of allylic oxidation sites excluding steroid dienone is 3. The first kappa shape index (κ1) is 34.5. The summed E-state index contributed by atoms with van der Waals surface area (Å²) in [5, 5.41) is 73.7. The van der Waals surface area contributed by atoms with Gasteiger partial charge in [0.15, 0.2) is 0 Å². The lowest BCUT2D eigenvalue weighted by molar-refractivity contribution is -0.297. The summed E-state index contributed by atoms with van der Waals surface area (Å²) < 4.78 is 11.5. The Labute approximate surface area is 272 Å². The molecule has 16 unspecified atom stereocenters. The highest BCUT2D eigenvalue weighted by atomic mass is 16.7. The van der Waals surface area contributed by atoms with Gasteiger partial charge in [-0.15, -0.1) is 0 Å². The van der Waals surface area contributed by atoms with E-state index in [1.165, 1.54) is 5.57 Å². The van der Waals surface area contributed by atoms with Crippen LogP contribution in [-0.4, -0.2) is 97.8 Å². The lowest BCUT2D eigenvalue weighted by Crippen LogP contribution is -2.68. The number of rotatable bonds is 4. The Hall–Kier alpha value is -1.37. The van der Waals surface area contributed by atoms with E-state index in [2.05, 4.69) is 40.3 Å². The molecule has 0 bridgehead atoms. The lowest BCUT2D eigenvalue weighted by atomic mass is 9.33. The van der Waals surface area contributed by atoms with E-state index in [0.717, 1.165) is 31.3 Å². The van der Waals surface area contributed by atoms with Gasteiger partial charge in [-0.25, -0.2) is 0 Å². The molecule has 16 atom stereocenters. The van der Waals surface area contributed by atoms with Crippen LogP contribution in [-0.2, 0) is 14.3 Å². The summed E-state index contributed by atoms with van der Waals surface area (Å²) in [5.41, 5.74) is -0.152. The minimum Gasteiger partial charge on any atom is -0.432 e. The molecule has 0 radical (unpaired) electrons. The maximum atomic E-state index is 14.4. The molecule has 0 aromatic heterocycles. The van der Waals surface area contributed by atoms with Gasteiger partial charge in [-0.1, -0.05) is 58.4 Å².